The van der Waals surface area contributed by atoms with E-state index in [1.54, 1.807) is 4.90 Å². The molecule has 0 saturated carbocycles. The van der Waals surface area contributed by atoms with Gasteiger partial charge in [-0.05, 0) is 30.2 Å². The standard InChI is InChI=1S/C28H26N4O3S/c1-3-32(18(2)33)28-29-21(17-36-28)13-20-15-31(14-19-9-5-4-6-10-19)16-23-25(27(34)35)22-11-7-8-12-24(22)30-26(20)23/h4-13,17H,3,14-16H2,1-2H3,(H,34,35)/b20-13-. The second kappa shape index (κ2) is 10.0. The van der Waals surface area contributed by atoms with Crippen molar-refractivity contribution in [2.24, 2.45) is 0 Å². The fraction of sp³-hybridized carbons (Fsp3) is 0.214. The van der Waals surface area contributed by atoms with E-state index in [0.717, 1.165) is 16.8 Å². The van der Waals surface area contributed by atoms with Gasteiger partial charge in [-0.2, -0.15) is 0 Å². The Bertz CT molecular complexity index is 1480. The fourth-order valence-corrected chi connectivity index (χ4v) is 5.61. The maximum Gasteiger partial charge on any atom is 0.336 e. The SMILES string of the molecule is CCN(C(C)=O)c1nc(/C=C2/CN(Cc3ccccc3)Cc3c2nc2ccccc2c3C(=O)O)cs1. The van der Waals surface area contributed by atoms with Crippen molar-refractivity contribution in [3.05, 3.63) is 88.1 Å². The molecule has 36 heavy (non-hydrogen) atoms. The molecule has 1 amide bonds. The Morgan fingerprint density at radius 1 is 1.08 bits per heavy atom. The van der Waals surface area contributed by atoms with Gasteiger partial charge in [0.25, 0.3) is 0 Å². The lowest BCUT2D eigenvalue weighted by Crippen LogP contribution is -2.31. The summed E-state index contributed by atoms with van der Waals surface area (Å²) >= 11 is 1.42. The van der Waals surface area contributed by atoms with E-state index in [1.807, 2.05) is 60.8 Å². The average Bonchev–Trinajstić information content (AvgIpc) is 3.31. The van der Waals surface area contributed by atoms with Crippen LogP contribution in [-0.2, 0) is 17.9 Å². The van der Waals surface area contributed by atoms with Gasteiger partial charge in [0.1, 0.15) is 0 Å². The molecular weight excluding hydrogens is 472 g/mol. The van der Waals surface area contributed by atoms with Gasteiger partial charge >= 0.3 is 5.97 Å². The molecule has 0 aliphatic carbocycles. The van der Waals surface area contributed by atoms with Crippen molar-refractivity contribution in [1.82, 2.24) is 14.9 Å². The van der Waals surface area contributed by atoms with Crippen molar-refractivity contribution in [1.29, 1.82) is 0 Å². The summed E-state index contributed by atoms with van der Waals surface area (Å²) in [4.78, 5) is 37.9. The zero-order valence-corrected chi connectivity index (χ0v) is 21.0. The summed E-state index contributed by atoms with van der Waals surface area (Å²) in [6.07, 6.45) is 1.97. The maximum atomic E-state index is 12.5. The summed E-state index contributed by atoms with van der Waals surface area (Å²) in [5.41, 5.74) is 5.15. The Morgan fingerprint density at radius 3 is 2.56 bits per heavy atom. The molecule has 7 nitrogen and oxygen atoms in total. The van der Waals surface area contributed by atoms with Crippen LogP contribution >= 0.6 is 11.3 Å². The first-order valence-corrected chi connectivity index (χ1v) is 12.7. The molecule has 8 heteroatoms. The van der Waals surface area contributed by atoms with E-state index in [-0.39, 0.29) is 5.91 Å². The predicted molar refractivity (Wildman–Crippen MR) is 143 cm³/mol. The lowest BCUT2D eigenvalue weighted by molar-refractivity contribution is -0.116. The zero-order valence-electron chi connectivity index (χ0n) is 20.1. The number of nitrogens with zero attached hydrogens (tertiary/aromatic N) is 4. The van der Waals surface area contributed by atoms with Gasteiger partial charge < -0.3 is 5.11 Å². The normalized spacial score (nSPS) is 14.7. The maximum absolute atomic E-state index is 12.5. The summed E-state index contributed by atoms with van der Waals surface area (Å²) < 4.78 is 0. The van der Waals surface area contributed by atoms with Crippen molar-refractivity contribution in [3.63, 3.8) is 0 Å². The Labute approximate surface area is 213 Å². The Kier molecular flexibility index (Phi) is 6.63. The number of hydrogen-bond acceptors (Lipinski definition) is 6. The van der Waals surface area contributed by atoms with Crippen LogP contribution in [0, 0.1) is 0 Å². The highest BCUT2D eigenvalue weighted by Crippen LogP contribution is 2.35. The third-order valence-electron chi connectivity index (χ3n) is 6.30. The molecule has 0 unspecified atom stereocenters. The molecule has 5 rings (SSSR count). The number of carbonyl (C=O) groups excluding carboxylic acids is 1. The molecule has 2 aromatic heterocycles. The highest BCUT2D eigenvalue weighted by atomic mass is 32.1. The number of carboxylic acids is 1. The Morgan fingerprint density at radius 2 is 1.83 bits per heavy atom. The van der Waals surface area contributed by atoms with Gasteiger partial charge in [-0.15, -0.1) is 11.3 Å². The van der Waals surface area contributed by atoms with Gasteiger partial charge in [-0.3, -0.25) is 14.6 Å². The van der Waals surface area contributed by atoms with Crippen LogP contribution in [0.2, 0.25) is 0 Å². The smallest absolute Gasteiger partial charge is 0.336 e. The first kappa shape index (κ1) is 23.8. The number of thiazole rings is 1. The highest BCUT2D eigenvalue weighted by molar-refractivity contribution is 7.14. The molecule has 0 saturated heterocycles. The van der Waals surface area contributed by atoms with E-state index in [9.17, 15) is 14.7 Å². The number of aromatic carboxylic acids is 1. The molecule has 0 spiro atoms. The number of benzene rings is 2. The van der Waals surface area contributed by atoms with Gasteiger partial charge in [0.05, 0.1) is 22.5 Å². The number of anilines is 1. The summed E-state index contributed by atoms with van der Waals surface area (Å²) in [6, 6.07) is 17.5. The molecule has 2 aromatic carbocycles. The van der Waals surface area contributed by atoms with Crippen molar-refractivity contribution in [3.8, 4) is 0 Å². The van der Waals surface area contributed by atoms with E-state index in [1.165, 1.54) is 18.3 Å². The van der Waals surface area contributed by atoms with Crippen molar-refractivity contribution in [2.45, 2.75) is 26.9 Å². The number of pyridine rings is 1. The largest absolute Gasteiger partial charge is 0.478 e. The van der Waals surface area contributed by atoms with Crippen LogP contribution in [0.5, 0.6) is 0 Å². The number of carboxylic acid groups (broad SMARTS) is 1. The molecule has 0 fully saturated rings. The van der Waals surface area contributed by atoms with Crippen LogP contribution < -0.4 is 4.90 Å². The van der Waals surface area contributed by atoms with Gasteiger partial charge in [0.2, 0.25) is 5.91 Å². The molecule has 1 N–H and O–H groups in total. The summed E-state index contributed by atoms with van der Waals surface area (Å²) in [5.74, 6) is -1.01. The van der Waals surface area contributed by atoms with E-state index < -0.39 is 5.97 Å². The monoisotopic (exact) mass is 498 g/mol. The number of hydrogen-bond donors (Lipinski definition) is 1. The van der Waals surface area contributed by atoms with Crippen LogP contribution in [0.15, 0.2) is 60.0 Å². The van der Waals surface area contributed by atoms with E-state index in [4.69, 9.17) is 4.98 Å². The minimum atomic E-state index is -0.957. The third-order valence-corrected chi connectivity index (χ3v) is 7.18. The van der Waals surface area contributed by atoms with Gasteiger partial charge in [-0.1, -0.05) is 48.5 Å². The Balaban J connectivity index is 1.63. The van der Waals surface area contributed by atoms with Crippen LogP contribution in [0.4, 0.5) is 5.13 Å². The van der Waals surface area contributed by atoms with Crippen molar-refractivity contribution in [2.75, 3.05) is 18.0 Å². The molecule has 0 radical (unpaired) electrons. The molecule has 0 atom stereocenters. The van der Waals surface area contributed by atoms with Crippen molar-refractivity contribution >= 4 is 50.9 Å². The Hall–Kier alpha value is -3.88. The lowest BCUT2D eigenvalue weighted by Gasteiger charge is -2.31. The first-order chi connectivity index (χ1) is 17.4. The van der Waals surface area contributed by atoms with Gasteiger partial charge in [0.15, 0.2) is 5.13 Å². The second-order valence-corrected chi connectivity index (χ2v) is 9.59. The lowest BCUT2D eigenvalue weighted by atomic mass is 9.92. The number of fused-ring (bicyclic) bond motifs is 2. The summed E-state index contributed by atoms with van der Waals surface area (Å²) in [5, 5.41) is 13.4. The summed E-state index contributed by atoms with van der Waals surface area (Å²) in [6.45, 7) is 5.76. The zero-order chi connectivity index (χ0) is 25.2. The number of para-hydroxylation sites is 1. The third kappa shape index (κ3) is 4.65. The highest BCUT2D eigenvalue weighted by Gasteiger charge is 2.29. The first-order valence-electron chi connectivity index (χ1n) is 11.8. The quantitative estimate of drug-likeness (QED) is 0.387. The number of amides is 1. The van der Waals surface area contributed by atoms with Crippen LogP contribution in [-0.4, -0.2) is 44.9 Å². The van der Waals surface area contributed by atoms with Gasteiger partial charge in [0, 0.05) is 49.4 Å². The molecule has 1 aliphatic rings. The molecule has 1 aliphatic heterocycles. The minimum Gasteiger partial charge on any atom is -0.478 e. The molecule has 4 aromatic rings. The van der Waals surface area contributed by atoms with Crippen LogP contribution in [0.3, 0.4) is 0 Å². The molecular formula is C28H26N4O3S. The minimum absolute atomic E-state index is 0.0534. The topological polar surface area (TPSA) is 86.6 Å². The van der Waals surface area contributed by atoms with Gasteiger partial charge in [-0.25, -0.2) is 14.8 Å². The molecule has 3 heterocycles. The van der Waals surface area contributed by atoms with Crippen molar-refractivity contribution < 1.29 is 14.7 Å². The number of rotatable bonds is 6. The number of aromatic nitrogens is 2. The van der Waals surface area contributed by atoms with Crippen LogP contribution in [0.1, 0.15) is 46.7 Å². The van der Waals surface area contributed by atoms with E-state index in [0.29, 0.717) is 59.0 Å². The fourth-order valence-electron chi connectivity index (χ4n) is 4.72. The number of carbonyl (C=O) groups is 2. The second-order valence-electron chi connectivity index (χ2n) is 8.75. The van der Waals surface area contributed by atoms with Crippen LogP contribution in [0.25, 0.3) is 22.6 Å². The van der Waals surface area contributed by atoms with E-state index in [2.05, 4.69) is 22.0 Å². The molecule has 182 valence electrons. The molecule has 0 bridgehead atoms. The van der Waals surface area contributed by atoms with E-state index >= 15 is 0 Å². The summed E-state index contributed by atoms with van der Waals surface area (Å²) in [7, 11) is 0. The predicted octanol–water partition coefficient (Wildman–Crippen LogP) is 5.32. The average molecular weight is 499 g/mol.